The van der Waals surface area contributed by atoms with Crippen LogP contribution in [0.15, 0.2) is 0 Å². The minimum Gasteiger partial charge on any atom is -0.481 e. The van der Waals surface area contributed by atoms with Crippen LogP contribution in [-0.4, -0.2) is 23.7 Å². The van der Waals surface area contributed by atoms with Gasteiger partial charge in [0.05, 0.1) is 12.5 Å². The van der Waals surface area contributed by atoms with Gasteiger partial charge in [-0.3, -0.25) is 9.59 Å². The van der Waals surface area contributed by atoms with Gasteiger partial charge in [0.15, 0.2) is 0 Å². The minimum absolute atomic E-state index is 0. The Balaban J connectivity index is 0. The molecule has 115 valence electrons. The third-order valence-corrected chi connectivity index (χ3v) is 2.62. The van der Waals surface area contributed by atoms with Crippen molar-refractivity contribution in [2.24, 2.45) is 17.8 Å². The van der Waals surface area contributed by atoms with Gasteiger partial charge in [0.25, 0.3) is 0 Å². The predicted molar refractivity (Wildman–Crippen MR) is 70.2 cm³/mol. The van der Waals surface area contributed by atoms with Gasteiger partial charge in [-0.05, 0) is 31.1 Å². The summed E-state index contributed by atoms with van der Waals surface area (Å²) >= 11 is 0. The summed E-state index contributed by atoms with van der Waals surface area (Å²) in [6.07, 6.45) is 2.11. The monoisotopic (exact) mass is 361 g/mol. The Morgan fingerprint density at radius 2 is 1.68 bits per heavy atom. The van der Waals surface area contributed by atoms with Crippen molar-refractivity contribution in [3.05, 3.63) is 0 Å². The Kier molecular flexibility index (Phi) is 12.5. The van der Waals surface area contributed by atoms with Gasteiger partial charge in [0.1, 0.15) is 0 Å². The number of rotatable bonds is 9. The Bertz CT molecular complexity index is 264. The summed E-state index contributed by atoms with van der Waals surface area (Å²) in [4.78, 5) is 22.4. The molecule has 1 atom stereocenters. The molecule has 5 heteroatoms. The van der Waals surface area contributed by atoms with E-state index in [0.717, 1.165) is 0 Å². The van der Waals surface area contributed by atoms with Crippen molar-refractivity contribution < 1.29 is 38.9 Å². The summed E-state index contributed by atoms with van der Waals surface area (Å²) in [6.45, 7) is 8.42. The molecule has 0 fully saturated rings. The van der Waals surface area contributed by atoms with Crippen molar-refractivity contribution in [2.45, 2.75) is 53.4 Å². The second-order valence-electron chi connectivity index (χ2n) is 5.63. The molecule has 0 rings (SSSR count). The van der Waals surface area contributed by atoms with E-state index < -0.39 is 5.97 Å². The average molecular weight is 361 g/mol. The number of carbonyl (C=O) groups excluding carboxylic acids is 1. The third kappa shape index (κ3) is 12.3. The molecule has 0 aliphatic carbocycles. The van der Waals surface area contributed by atoms with E-state index in [0.29, 0.717) is 44.1 Å². The van der Waals surface area contributed by atoms with Gasteiger partial charge in [-0.1, -0.05) is 27.7 Å². The summed E-state index contributed by atoms with van der Waals surface area (Å²) in [5, 5.41) is 9.05. The smallest absolute Gasteiger partial charge is 0.306 e. The molecule has 19 heavy (non-hydrogen) atoms. The van der Waals surface area contributed by atoms with E-state index in [2.05, 4.69) is 0 Å². The summed E-state index contributed by atoms with van der Waals surface area (Å²) in [5.74, 6) is -0.639. The van der Waals surface area contributed by atoms with E-state index in [9.17, 15) is 9.59 Å². The van der Waals surface area contributed by atoms with Crippen LogP contribution in [0.3, 0.4) is 0 Å². The first-order valence-electron chi connectivity index (χ1n) is 6.71. The molecule has 0 aromatic heterocycles. The zero-order valence-corrected chi connectivity index (χ0v) is 13.9. The van der Waals surface area contributed by atoms with Crippen LogP contribution in [0.25, 0.3) is 0 Å². The van der Waals surface area contributed by atoms with Gasteiger partial charge in [0, 0.05) is 25.9 Å². The minimum atomic E-state index is -0.765. The molecule has 0 amide bonds. The maximum atomic E-state index is 11.4. The molecule has 4 nitrogen and oxygen atoms in total. The maximum absolute atomic E-state index is 11.4. The first kappa shape index (κ1) is 20.9. The van der Waals surface area contributed by atoms with Gasteiger partial charge >= 0.3 is 11.9 Å². The number of carboxylic acids is 1. The Morgan fingerprint density at radius 1 is 1.11 bits per heavy atom. The van der Waals surface area contributed by atoms with Gasteiger partial charge in [-0.2, -0.15) is 0 Å². The van der Waals surface area contributed by atoms with Gasteiger partial charge < -0.3 is 9.84 Å². The number of hydrogen-bond acceptors (Lipinski definition) is 3. The van der Waals surface area contributed by atoms with E-state index in [1.54, 1.807) is 0 Å². The topological polar surface area (TPSA) is 63.6 Å². The second kappa shape index (κ2) is 11.4. The standard InChI is InChI=1S/C14H26O4.Rh/c1-10(2)8-12(14(16)17)6-5-7-13(15)18-9-11(3)4;/h10-12H,5-9H2,1-4H3,(H,16,17);. The van der Waals surface area contributed by atoms with Crippen LogP contribution in [0.2, 0.25) is 0 Å². The van der Waals surface area contributed by atoms with Crippen LogP contribution in [0.1, 0.15) is 53.4 Å². The maximum Gasteiger partial charge on any atom is 0.306 e. The zero-order chi connectivity index (χ0) is 14.1. The van der Waals surface area contributed by atoms with Crippen molar-refractivity contribution in [2.75, 3.05) is 6.61 Å². The molecule has 1 unspecified atom stereocenters. The fourth-order valence-corrected chi connectivity index (χ4v) is 1.74. The molecule has 0 bridgehead atoms. The van der Waals surface area contributed by atoms with E-state index in [4.69, 9.17) is 9.84 Å². The summed E-state index contributed by atoms with van der Waals surface area (Å²) in [7, 11) is 0. The van der Waals surface area contributed by atoms with Crippen molar-refractivity contribution in [3.63, 3.8) is 0 Å². The number of carbonyl (C=O) groups is 2. The first-order chi connectivity index (χ1) is 8.32. The fraction of sp³-hybridized carbons (Fsp3) is 0.857. The SMILES string of the molecule is CC(C)COC(=O)CCCC(CC(C)C)C(=O)O.[Rh]. The molecular weight excluding hydrogens is 335 g/mol. The van der Waals surface area contributed by atoms with E-state index in [1.165, 1.54) is 0 Å². The fourth-order valence-electron chi connectivity index (χ4n) is 1.74. The second-order valence-corrected chi connectivity index (χ2v) is 5.63. The molecule has 1 radical (unpaired) electrons. The summed E-state index contributed by atoms with van der Waals surface area (Å²) < 4.78 is 5.04. The molecule has 0 saturated carbocycles. The number of carboxylic acid groups (broad SMARTS) is 1. The molecule has 0 spiro atoms. The molecule has 1 N–H and O–H groups in total. The van der Waals surface area contributed by atoms with E-state index in [1.807, 2.05) is 27.7 Å². The van der Waals surface area contributed by atoms with Crippen LogP contribution < -0.4 is 0 Å². The number of aliphatic carboxylic acids is 1. The molecule has 0 saturated heterocycles. The van der Waals surface area contributed by atoms with Crippen molar-refractivity contribution >= 4 is 11.9 Å². The number of esters is 1. The van der Waals surface area contributed by atoms with Gasteiger partial charge in [0.2, 0.25) is 0 Å². The largest absolute Gasteiger partial charge is 0.481 e. The Morgan fingerprint density at radius 3 is 2.11 bits per heavy atom. The Hall–Kier alpha value is -0.437. The molecule has 0 heterocycles. The van der Waals surface area contributed by atoms with Crippen LogP contribution in [-0.2, 0) is 33.8 Å². The third-order valence-electron chi connectivity index (χ3n) is 2.62. The van der Waals surface area contributed by atoms with Crippen LogP contribution in [0.4, 0.5) is 0 Å². The number of ether oxygens (including phenoxy) is 1. The van der Waals surface area contributed by atoms with Crippen molar-refractivity contribution in [1.82, 2.24) is 0 Å². The molecule has 0 aromatic rings. The Labute approximate surface area is 129 Å². The summed E-state index contributed by atoms with van der Waals surface area (Å²) in [6, 6.07) is 0. The summed E-state index contributed by atoms with van der Waals surface area (Å²) in [5.41, 5.74) is 0. The normalized spacial score (nSPS) is 12.1. The predicted octanol–water partition coefficient (Wildman–Crippen LogP) is 3.10. The van der Waals surface area contributed by atoms with E-state index in [-0.39, 0.29) is 31.4 Å². The van der Waals surface area contributed by atoms with Crippen LogP contribution >= 0.6 is 0 Å². The van der Waals surface area contributed by atoms with Crippen molar-refractivity contribution in [1.29, 1.82) is 0 Å². The zero-order valence-electron chi connectivity index (χ0n) is 12.3. The van der Waals surface area contributed by atoms with Gasteiger partial charge in [-0.25, -0.2) is 0 Å². The quantitative estimate of drug-likeness (QED) is 0.506. The van der Waals surface area contributed by atoms with Crippen molar-refractivity contribution in [3.8, 4) is 0 Å². The molecule has 0 aromatic carbocycles. The van der Waals surface area contributed by atoms with Gasteiger partial charge in [-0.15, -0.1) is 0 Å². The molecule has 0 aliphatic heterocycles. The first-order valence-corrected chi connectivity index (χ1v) is 6.71. The van der Waals surface area contributed by atoms with E-state index >= 15 is 0 Å². The van der Waals surface area contributed by atoms with Crippen LogP contribution in [0, 0.1) is 17.8 Å². The van der Waals surface area contributed by atoms with Crippen LogP contribution in [0.5, 0.6) is 0 Å². The number of hydrogen-bond donors (Lipinski definition) is 1. The molecule has 0 aliphatic rings. The average Bonchev–Trinajstić information content (AvgIpc) is 2.24. The molecular formula is C14H26O4Rh.